The molecule has 9 rings (SSSR count). The van der Waals surface area contributed by atoms with Crippen LogP contribution in [0.1, 0.15) is 43.2 Å². The summed E-state index contributed by atoms with van der Waals surface area (Å²) in [6.45, 7) is 0. The van der Waals surface area contributed by atoms with E-state index in [0.29, 0.717) is 17.5 Å². The Morgan fingerprint density at radius 2 is 0.812 bits per heavy atom. The Bertz CT molecular complexity index is 2250. The third kappa shape index (κ3) is 4.94. The van der Waals surface area contributed by atoms with Crippen molar-refractivity contribution in [3.05, 3.63) is 163 Å². The molecule has 0 radical (unpaired) electrons. The van der Waals surface area contributed by atoms with Crippen LogP contribution in [0.25, 0.3) is 67.5 Å². The maximum absolute atomic E-state index is 5.07. The van der Waals surface area contributed by atoms with Crippen molar-refractivity contribution in [3.63, 3.8) is 0 Å². The average Bonchev–Trinajstić information content (AvgIpc) is 3.43. The first-order chi connectivity index (χ1) is 23.7. The van der Waals surface area contributed by atoms with E-state index in [0.717, 1.165) is 22.3 Å². The molecule has 1 fully saturated rings. The molecule has 0 N–H and O–H groups in total. The van der Waals surface area contributed by atoms with Crippen molar-refractivity contribution in [3.8, 4) is 67.5 Å². The summed E-state index contributed by atoms with van der Waals surface area (Å²) in [6, 6.07) is 54.0. The number of fused-ring (bicyclic) bond motifs is 5. The van der Waals surface area contributed by atoms with Crippen LogP contribution in [0.3, 0.4) is 0 Å². The van der Waals surface area contributed by atoms with Crippen molar-refractivity contribution in [1.29, 1.82) is 0 Å². The van der Waals surface area contributed by atoms with Crippen LogP contribution in [0.5, 0.6) is 0 Å². The van der Waals surface area contributed by atoms with Crippen LogP contribution < -0.4 is 0 Å². The topological polar surface area (TPSA) is 38.7 Å². The second-order valence-electron chi connectivity index (χ2n) is 13.1. The van der Waals surface area contributed by atoms with Gasteiger partial charge in [-0.25, -0.2) is 15.0 Å². The fourth-order valence-corrected chi connectivity index (χ4v) is 7.96. The molecule has 0 amide bonds. The maximum atomic E-state index is 5.07. The van der Waals surface area contributed by atoms with E-state index >= 15 is 0 Å². The lowest BCUT2D eigenvalue weighted by molar-refractivity contribution is 0.353. The van der Waals surface area contributed by atoms with Crippen LogP contribution in [0, 0.1) is 0 Å². The second kappa shape index (κ2) is 11.8. The highest BCUT2D eigenvalue weighted by Crippen LogP contribution is 2.56. The highest BCUT2D eigenvalue weighted by atomic mass is 15.0. The largest absolute Gasteiger partial charge is 0.208 e. The summed E-state index contributed by atoms with van der Waals surface area (Å²) in [5.74, 6) is 2.01. The summed E-state index contributed by atoms with van der Waals surface area (Å²) in [4.78, 5) is 15.1. The van der Waals surface area contributed by atoms with E-state index in [1.165, 1.54) is 71.0 Å². The normalized spacial score (nSPS) is 14.4. The van der Waals surface area contributed by atoms with Crippen LogP contribution in [0.2, 0.25) is 0 Å². The first-order valence-electron chi connectivity index (χ1n) is 17.1. The predicted molar refractivity (Wildman–Crippen MR) is 196 cm³/mol. The number of hydrogen-bond donors (Lipinski definition) is 0. The summed E-state index contributed by atoms with van der Waals surface area (Å²) < 4.78 is 0. The number of rotatable bonds is 5. The standard InChI is InChI=1S/C45H35N3/c1-4-13-31(14-5-1)32-21-23-34(24-22-32)43-46-42(33-15-6-2-7-16-33)47-44(48-43)37-18-12-17-35(29-37)36-25-26-39-38-19-8-9-20-40(38)45(41(39)30-36)27-10-3-11-28-45/h1-2,4-9,12-26,29-30H,3,10-11,27-28H2. The maximum Gasteiger partial charge on any atom is 0.164 e. The number of benzene rings is 6. The van der Waals surface area contributed by atoms with Gasteiger partial charge in [0.15, 0.2) is 17.5 Å². The fraction of sp³-hybridized carbons (Fsp3) is 0.133. The Labute approximate surface area is 282 Å². The van der Waals surface area contributed by atoms with Crippen molar-refractivity contribution in [1.82, 2.24) is 15.0 Å². The minimum atomic E-state index is 0.127. The van der Waals surface area contributed by atoms with Gasteiger partial charge in [-0.3, -0.25) is 0 Å². The predicted octanol–water partition coefficient (Wildman–Crippen LogP) is 11.4. The molecule has 1 aromatic heterocycles. The van der Waals surface area contributed by atoms with Gasteiger partial charge in [-0.2, -0.15) is 0 Å². The van der Waals surface area contributed by atoms with E-state index in [9.17, 15) is 0 Å². The Balaban J connectivity index is 1.13. The SMILES string of the molecule is c1ccc(-c2ccc(-c3nc(-c4ccccc4)nc(-c4cccc(-c5ccc6c(c5)C5(CCCCC5)c5ccccc5-6)c4)n3)cc2)cc1. The molecular weight excluding hydrogens is 583 g/mol. The Morgan fingerprint density at radius 3 is 1.54 bits per heavy atom. The first-order valence-corrected chi connectivity index (χ1v) is 17.1. The lowest BCUT2D eigenvalue weighted by Gasteiger charge is -2.36. The molecule has 1 heterocycles. The van der Waals surface area contributed by atoms with Gasteiger partial charge < -0.3 is 0 Å². The summed E-state index contributed by atoms with van der Waals surface area (Å²) in [6.07, 6.45) is 6.35. The Morgan fingerprint density at radius 1 is 0.333 bits per heavy atom. The van der Waals surface area contributed by atoms with E-state index < -0.39 is 0 Å². The molecule has 1 spiro atoms. The Kier molecular flexibility index (Phi) is 7.04. The number of aromatic nitrogens is 3. The highest BCUT2D eigenvalue weighted by Gasteiger charge is 2.43. The zero-order valence-corrected chi connectivity index (χ0v) is 26.8. The average molecular weight is 618 g/mol. The molecule has 2 aliphatic carbocycles. The zero-order chi connectivity index (χ0) is 31.9. The molecule has 3 nitrogen and oxygen atoms in total. The van der Waals surface area contributed by atoms with Gasteiger partial charge in [-0.15, -0.1) is 0 Å². The van der Waals surface area contributed by atoms with Crippen molar-refractivity contribution < 1.29 is 0 Å². The van der Waals surface area contributed by atoms with E-state index in [1.54, 1.807) is 0 Å². The molecule has 0 bridgehead atoms. The molecule has 2 aliphatic rings. The smallest absolute Gasteiger partial charge is 0.164 e. The molecule has 230 valence electrons. The lowest BCUT2D eigenvalue weighted by atomic mass is 9.67. The van der Waals surface area contributed by atoms with Gasteiger partial charge in [0, 0.05) is 22.1 Å². The van der Waals surface area contributed by atoms with Gasteiger partial charge in [0.2, 0.25) is 0 Å². The van der Waals surface area contributed by atoms with Gasteiger partial charge in [-0.05, 0) is 69.5 Å². The van der Waals surface area contributed by atoms with E-state index in [2.05, 4.69) is 127 Å². The minimum Gasteiger partial charge on any atom is -0.208 e. The molecule has 6 aromatic carbocycles. The van der Waals surface area contributed by atoms with Crippen LogP contribution in [0.4, 0.5) is 0 Å². The van der Waals surface area contributed by atoms with E-state index in [4.69, 9.17) is 15.0 Å². The van der Waals surface area contributed by atoms with Crippen molar-refractivity contribution in [2.45, 2.75) is 37.5 Å². The van der Waals surface area contributed by atoms with Gasteiger partial charge >= 0.3 is 0 Å². The van der Waals surface area contributed by atoms with E-state index in [1.807, 2.05) is 24.3 Å². The monoisotopic (exact) mass is 617 g/mol. The van der Waals surface area contributed by atoms with Gasteiger partial charge in [-0.1, -0.05) is 159 Å². The molecule has 1 saturated carbocycles. The van der Waals surface area contributed by atoms with Gasteiger partial charge in [0.25, 0.3) is 0 Å². The fourth-order valence-electron chi connectivity index (χ4n) is 7.96. The van der Waals surface area contributed by atoms with Crippen molar-refractivity contribution in [2.24, 2.45) is 0 Å². The van der Waals surface area contributed by atoms with Crippen molar-refractivity contribution >= 4 is 0 Å². The molecule has 7 aromatic rings. The molecule has 0 aliphatic heterocycles. The van der Waals surface area contributed by atoms with E-state index in [-0.39, 0.29) is 5.41 Å². The first kappa shape index (κ1) is 28.5. The third-order valence-electron chi connectivity index (χ3n) is 10.3. The van der Waals surface area contributed by atoms with Crippen LogP contribution >= 0.6 is 0 Å². The zero-order valence-electron chi connectivity index (χ0n) is 26.8. The minimum absolute atomic E-state index is 0.127. The Hall–Kier alpha value is -5.67. The number of nitrogens with zero attached hydrogens (tertiary/aromatic N) is 3. The molecular formula is C45H35N3. The summed E-state index contributed by atoms with van der Waals surface area (Å²) in [5, 5.41) is 0. The van der Waals surface area contributed by atoms with Crippen LogP contribution in [-0.2, 0) is 5.41 Å². The summed E-state index contributed by atoms with van der Waals surface area (Å²) >= 11 is 0. The van der Waals surface area contributed by atoms with Gasteiger partial charge in [0.1, 0.15) is 0 Å². The second-order valence-corrected chi connectivity index (χ2v) is 13.1. The molecule has 0 unspecified atom stereocenters. The molecule has 3 heteroatoms. The summed E-state index contributed by atoms with van der Waals surface area (Å²) in [7, 11) is 0. The number of hydrogen-bond acceptors (Lipinski definition) is 3. The quantitative estimate of drug-likeness (QED) is 0.193. The molecule has 48 heavy (non-hydrogen) atoms. The van der Waals surface area contributed by atoms with Gasteiger partial charge in [0.05, 0.1) is 0 Å². The van der Waals surface area contributed by atoms with Crippen LogP contribution in [-0.4, -0.2) is 15.0 Å². The molecule has 0 saturated heterocycles. The molecule has 0 atom stereocenters. The highest BCUT2D eigenvalue weighted by molar-refractivity contribution is 5.84. The van der Waals surface area contributed by atoms with Crippen molar-refractivity contribution in [2.75, 3.05) is 0 Å². The summed E-state index contributed by atoms with van der Waals surface area (Å²) in [5.41, 5.74) is 13.6. The van der Waals surface area contributed by atoms with Crippen LogP contribution in [0.15, 0.2) is 152 Å². The third-order valence-corrected chi connectivity index (χ3v) is 10.3. The lowest BCUT2D eigenvalue weighted by Crippen LogP contribution is -2.28.